The molecule has 0 bridgehead atoms. The van der Waals surface area contributed by atoms with Crippen LogP contribution in [-0.2, 0) is 0 Å². The summed E-state index contributed by atoms with van der Waals surface area (Å²) in [6, 6.07) is 8.38. The molecule has 0 aliphatic heterocycles. The van der Waals surface area contributed by atoms with Crippen LogP contribution in [0.15, 0.2) is 45.8 Å². The highest BCUT2D eigenvalue weighted by molar-refractivity contribution is 9.10. The van der Waals surface area contributed by atoms with Crippen molar-refractivity contribution in [1.82, 2.24) is 0 Å². The van der Waals surface area contributed by atoms with E-state index in [4.69, 9.17) is 0 Å². The topological polar surface area (TPSA) is 0 Å². The monoisotopic (exact) mass is 242 g/mol. The van der Waals surface area contributed by atoms with Crippen LogP contribution >= 0.6 is 27.7 Å². The molecule has 0 unspecified atom stereocenters. The average molecular weight is 243 g/mol. The molecule has 0 nitrogen and oxygen atoms in total. The van der Waals surface area contributed by atoms with E-state index < -0.39 is 0 Å². The van der Waals surface area contributed by atoms with Gasteiger partial charge in [0, 0.05) is 15.1 Å². The smallest absolute Gasteiger partial charge is 0.0176 e. The fourth-order valence-electron chi connectivity index (χ4n) is 0.771. The van der Waals surface area contributed by atoms with Crippen LogP contribution in [-0.4, -0.2) is 5.75 Å². The standard InChI is InChI=1S/C10H11BrS/c1-2-3-8-12-10-6-4-9(11)5-7-10/h2-7H,8H2,1H3/b3-2+. The van der Waals surface area contributed by atoms with E-state index in [0.717, 1.165) is 10.2 Å². The molecule has 0 fully saturated rings. The second kappa shape index (κ2) is 5.44. The number of halogens is 1. The van der Waals surface area contributed by atoms with Gasteiger partial charge in [-0.2, -0.15) is 0 Å². The summed E-state index contributed by atoms with van der Waals surface area (Å²) in [5.74, 6) is 1.05. The maximum atomic E-state index is 3.40. The van der Waals surface area contributed by atoms with Gasteiger partial charge in [-0.3, -0.25) is 0 Å². The molecule has 0 aliphatic carbocycles. The SMILES string of the molecule is C/C=C/CSc1ccc(Br)cc1. The fourth-order valence-corrected chi connectivity index (χ4v) is 1.85. The Morgan fingerprint density at radius 1 is 1.33 bits per heavy atom. The number of thioether (sulfide) groups is 1. The zero-order chi connectivity index (χ0) is 8.81. The van der Waals surface area contributed by atoms with Gasteiger partial charge in [-0.05, 0) is 31.2 Å². The molecule has 0 spiro atoms. The number of benzene rings is 1. The number of hydrogen-bond acceptors (Lipinski definition) is 1. The van der Waals surface area contributed by atoms with Crippen molar-refractivity contribution >= 4 is 27.7 Å². The summed E-state index contributed by atoms with van der Waals surface area (Å²) in [6.45, 7) is 2.04. The summed E-state index contributed by atoms with van der Waals surface area (Å²) in [7, 11) is 0. The predicted molar refractivity (Wildman–Crippen MR) is 59.7 cm³/mol. The lowest BCUT2D eigenvalue weighted by molar-refractivity contribution is 1.44. The molecule has 0 aliphatic rings. The molecule has 0 atom stereocenters. The molecule has 0 N–H and O–H groups in total. The number of allylic oxidation sites excluding steroid dienone is 1. The predicted octanol–water partition coefficient (Wildman–Crippen LogP) is 4.12. The Hall–Kier alpha value is -0.210. The molecule has 0 radical (unpaired) electrons. The van der Waals surface area contributed by atoms with E-state index in [2.05, 4.69) is 52.3 Å². The molecule has 0 saturated carbocycles. The quantitative estimate of drug-likeness (QED) is 0.568. The molecule has 0 aromatic heterocycles. The lowest BCUT2D eigenvalue weighted by Gasteiger charge is -1.97. The Morgan fingerprint density at radius 3 is 2.58 bits per heavy atom. The zero-order valence-electron chi connectivity index (χ0n) is 6.96. The highest BCUT2D eigenvalue weighted by Crippen LogP contribution is 2.20. The molecule has 2 heteroatoms. The lowest BCUT2D eigenvalue weighted by Crippen LogP contribution is -1.72. The summed E-state index contributed by atoms with van der Waals surface area (Å²) >= 11 is 5.25. The van der Waals surface area contributed by atoms with Crippen LogP contribution in [0.2, 0.25) is 0 Å². The van der Waals surface area contributed by atoms with Crippen LogP contribution in [0.1, 0.15) is 6.92 Å². The number of rotatable bonds is 3. The first-order valence-electron chi connectivity index (χ1n) is 3.82. The van der Waals surface area contributed by atoms with Crippen LogP contribution in [0.4, 0.5) is 0 Å². The van der Waals surface area contributed by atoms with Crippen LogP contribution in [0.5, 0.6) is 0 Å². The number of hydrogen-bond donors (Lipinski definition) is 0. The largest absolute Gasteiger partial charge is 0.122 e. The van der Waals surface area contributed by atoms with Crippen molar-refractivity contribution in [3.8, 4) is 0 Å². The van der Waals surface area contributed by atoms with Crippen molar-refractivity contribution in [3.05, 3.63) is 40.9 Å². The Labute approximate surface area is 86.2 Å². The van der Waals surface area contributed by atoms with Gasteiger partial charge in [0.05, 0.1) is 0 Å². The second-order valence-electron chi connectivity index (χ2n) is 2.33. The highest BCUT2D eigenvalue weighted by atomic mass is 79.9. The minimum atomic E-state index is 1.05. The first-order chi connectivity index (χ1) is 5.83. The normalized spacial score (nSPS) is 10.8. The van der Waals surface area contributed by atoms with Gasteiger partial charge in [-0.1, -0.05) is 28.1 Å². The minimum absolute atomic E-state index is 1.05. The molecule has 64 valence electrons. The van der Waals surface area contributed by atoms with Crippen LogP contribution in [0.3, 0.4) is 0 Å². The van der Waals surface area contributed by atoms with Gasteiger partial charge >= 0.3 is 0 Å². The van der Waals surface area contributed by atoms with Gasteiger partial charge in [0.25, 0.3) is 0 Å². The van der Waals surface area contributed by atoms with Gasteiger partial charge in [-0.15, -0.1) is 11.8 Å². The molecular formula is C10H11BrS. The van der Waals surface area contributed by atoms with E-state index in [9.17, 15) is 0 Å². The Balaban J connectivity index is 2.47. The zero-order valence-corrected chi connectivity index (χ0v) is 9.36. The van der Waals surface area contributed by atoms with E-state index in [1.807, 2.05) is 18.7 Å². The van der Waals surface area contributed by atoms with Crippen molar-refractivity contribution in [2.24, 2.45) is 0 Å². The maximum Gasteiger partial charge on any atom is 0.0176 e. The fraction of sp³-hybridized carbons (Fsp3) is 0.200. The first-order valence-corrected chi connectivity index (χ1v) is 5.60. The third-order valence-corrected chi connectivity index (χ3v) is 2.89. The van der Waals surface area contributed by atoms with Gasteiger partial charge in [0.1, 0.15) is 0 Å². The van der Waals surface area contributed by atoms with Crippen molar-refractivity contribution in [2.45, 2.75) is 11.8 Å². The van der Waals surface area contributed by atoms with Gasteiger partial charge in [0.15, 0.2) is 0 Å². The molecule has 0 saturated heterocycles. The van der Waals surface area contributed by atoms with E-state index >= 15 is 0 Å². The van der Waals surface area contributed by atoms with Crippen molar-refractivity contribution in [2.75, 3.05) is 5.75 Å². The van der Waals surface area contributed by atoms with Crippen LogP contribution in [0, 0.1) is 0 Å². The molecular weight excluding hydrogens is 232 g/mol. The van der Waals surface area contributed by atoms with E-state index in [-0.39, 0.29) is 0 Å². The van der Waals surface area contributed by atoms with Gasteiger partial charge < -0.3 is 0 Å². The van der Waals surface area contributed by atoms with Crippen molar-refractivity contribution < 1.29 is 0 Å². The highest BCUT2D eigenvalue weighted by Gasteiger charge is 1.90. The summed E-state index contributed by atoms with van der Waals surface area (Å²) in [4.78, 5) is 1.32. The maximum absolute atomic E-state index is 3.40. The molecule has 12 heavy (non-hydrogen) atoms. The third-order valence-electron chi connectivity index (χ3n) is 1.40. The van der Waals surface area contributed by atoms with E-state index in [1.54, 1.807) is 0 Å². The molecule has 0 heterocycles. The summed E-state index contributed by atoms with van der Waals surface area (Å²) in [5, 5.41) is 0. The Morgan fingerprint density at radius 2 is 2.00 bits per heavy atom. The Bertz CT molecular complexity index is 251. The van der Waals surface area contributed by atoms with Gasteiger partial charge in [0.2, 0.25) is 0 Å². The van der Waals surface area contributed by atoms with E-state index in [1.165, 1.54) is 4.90 Å². The lowest BCUT2D eigenvalue weighted by atomic mass is 10.4. The third kappa shape index (κ3) is 3.46. The van der Waals surface area contributed by atoms with E-state index in [0.29, 0.717) is 0 Å². The first kappa shape index (κ1) is 9.87. The Kier molecular flexibility index (Phi) is 4.48. The summed E-state index contributed by atoms with van der Waals surface area (Å²) in [5.41, 5.74) is 0. The second-order valence-corrected chi connectivity index (χ2v) is 4.34. The van der Waals surface area contributed by atoms with Crippen LogP contribution < -0.4 is 0 Å². The average Bonchev–Trinajstić information content (AvgIpc) is 2.09. The van der Waals surface area contributed by atoms with Gasteiger partial charge in [-0.25, -0.2) is 0 Å². The molecule has 1 aromatic rings. The molecule has 1 rings (SSSR count). The summed E-state index contributed by atoms with van der Waals surface area (Å²) < 4.78 is 1.14. The minimum Gasteiger partial charge on any atom is -0.122 e. The molecule has 1 aromatic carbocycles. The molecule has 0 amide bonds. The van der Waals surface area contributed by atoms with Crippen LogP contribution in [0.25, 0.3) is 0 Å². The summed E-state index contributed by atoms with van der Waals surface area (Å²) in [6.07, 6.45) is 4.23. The van der Waals surface area contributed by atoms with Crippen molar-refractivity contribution in [1.29, 1.82) is 0 Å². The van der Waals surface area contributed by atoms with Crippen molar-refractivity contribution in [3.63, 3.8) is 0 Å².